The number of aliphatic hydroxyl groups is 1. The van der Waals surface area contributed by atoms with E-state index in [2.05, 4.69) is 32.0 Å². The van der Waals surface area contributed by atoms with Gasteiger partial charge in [0.05, 0.1) is 18.8 Å². The van der Waals surface area contributed by atoms with Gasteiger partial charge in [0.15, 0.2) is 0 Å². The number of aromatic nitrogens is 2. The quantitative estimate of drug-likeness (QED) is 0.420. The van der Waals surface area contributed by atoms with E-state index in [0.29, 0.717) is 35.6 Å². The third-order valence-corrected chi connectivity index (χ3v) is 4.56. The maximum absolute atomic E-state index is 12.1. The fourth-order valence-electron chi connectivity index (χ4n) is 2.79. The average molecular weight is 426 g/mol. The smallest absolute Gasteiger partial charge is 0.239 e. The Morgan fingerprint density at radius 3 is 2.53 bits per heavy atom. The molecule has 8 heteroatoms. The third kappa shape index (κ3) is 6.72. The summed E-state index contributed by atoms with van der Waals surface area (Å²) in [5, 5.41) is 19.1. The number of aryl methyl sites for hydroxylation is 1. The molecule has 7 nitrogen and oxygen atoms in total. The number of benzene rings is 2. The lowest BCUT2D eigenvalue weighted by Gasteiger charge is -2.11. The number of nitrogens with zero attached hydrogens (tertiary/aromatic N) is 2. The van der Waals surface area contributed by atoms with E-state index in [1.54, 1.807) is 18.2 Å². The highest BCUT2D eigenvalue weighted by atomic mass is 35.5. The minimum atomic E-state index is -0.223. The van der Waals surface area contributed by atoms with Crippen molar-refractivity contribution in [1.29, 1.82) is 0 Å². The van der Waals surface area contributed by atoms with Crippen molar-refractivity contribution < 1.29 is 9.90 Å². The van der Waals surface area contributed by atoms with E-state index >= 15 is 0 Å². The molecule has 0 saturated heterocycles. The molecule has 0 bridgehead atoms. The summed E-state index contributed by atoms with van der Waals surface area (Å²) in [4.78, 5) is 20.8. The maximum Gasteiger partial charge on any atom is 0.239 e. The Morgan fingerprint density at radius 2 is 1.80 bits per heavy atom. The summed E-state index contributed by atoms with van der Waals surface area (Å²) in [6.07, 6.45) is 0. The van der Waals surface area contributed by atoms with Gasteiger partial charge >= 0.3 is 0 Å². The van der Waals surface area contributed by atoms with Crippen molar-refractivity contribution in [2.24, 2.45) is 0 Å². The van der Waals surface area contributed by atoms with Gasteiger partial charge in [-0.05, 0) is 30.2 Å². The number of rotatable bonds is 9. The number of carbonyl (C=O) groups excluding carboxylic acids is 1. The second kappa shape index (κ2) is 10.6. The molecule has 0 atom stereocenters. The van der Waals surface area contributed by atoms with Crippen molar-refractivity contribution in [2.45, 2.75) is 26.6 Å². The summed E-state index contributed by atoms with van der Waals surface area (Å²) < 4.78 is 0. The number of carbonyl (C=O) groups is 1. The molecule has 0 aliphatic heterocycles. The first kappa shape index (κ1) is 21.5. The second-order valence-electron chi connectivity index (χ2n) is 6.83. The molecule has 0 saturated carbocycles. The third-order valence-electron chi connectivity index (χ3n) is 4.31. The van der Waals surface area contributed by atoms with E-state index < -0.39 is 0 Å². The van der Waals surface area contributed by atoms with E-state index in [0.717, 1.165) is 11.1 Å². The van der Waals surface area contributed by atoms with Gasteiger partial charge in [0.1, 0.15) is 5.82 Å². The molecule has 3 aromatic rings. The topological polar surface area (TPSA) is 99.2 Å². The molecule has 4 N–H and O–H groups in total. The van der Waals surface area contributed by atoms with Crippen LogP contribution in [-0.4, -0.2) is 27.5 Å². The van der Waals surface area contributed by atoms with E-state index in [1.165, 1.54) is 5.56 Å². The van der Waals surface area contributed by atoms with Crippen molar-refractivity contribution in [3.8, 4) is 0 Å². The zero-order chi connectivity index (χ0) is 21.3. The lowest BCUT2D eigenvalue weighted by Crippen LogP contribution is -2.29. The summed E-state index contributed by atoms with van der Waals surface area (Å²) in [6, 6.07) is 17.0. The number of nitrogens with one attached hydrogen (secondary N) is 3. The van der Waals surface area contributed by atoms with Gasteiger partial charge < -0.3 is 21.1 Å². The minimum absolute atomic E-state index is 0.0484. The molecular formula is C22H24ClN5O2. The molecule has 0 aliphatic rings. The number of hydrogen-bond acceptors (Lipinski definition) is 6. The molecule has 2 aromatic carbocycles. The van der Waals surface area contributed by atoms with Crippen LogP contribution in [0.2, 0.25) is 5.02 Å². The van der Waals surface area contributed by atoms with E-state index in [9.17, 15) is 9.90 Å². The predicted octanol–water partition coefficient (Wildman–Crippen LogP) is 3.27. The molecule has 0 spiro atoms. The number of halogens is 1. The van der Waals surface area contributed by atoms with Gasteiger partial charge in [-0.15, -0.1) is 0 Å². The Bertz CT molecular complexity index is 995. The lowest BCUT2D eigenvalue weighted by molar-refractivity contribution is -0.119. The van der Waals surface area contributed by atoms with Gasteiger partial charge in [0.25, 0.3) is 0 Å². The zero-order valence-electron chi connectivity index (χ0n) is 16.7. The lowest BCUT2D eigenvalue weighted by atomic mass is 10.1. The summed E-state index contributed by atoms with van der Waals surface area (Å²) in [6.45, 7) is 2.82. The van der Waals surface area contributed by atoms with Gasteiger partial charge in [0.2, 0.25) is 11.9 Å². The Balaban J connectivity index is 1.54. The Labute approximate surface area is 180 Å². The standard InChI is InChI=1S/C22H24ClN5O2/c1-15-3-2-4-17(9-15)12-26-22-27-19(14-29)10-20(28-22)24-13-21(30)25-11-16-5-7-18(23)8-6-16/h2-10,29H,11-14H2,1H3,(H,25,30)(H2,24,26,27,28). The second-order valence-corrected chi connectivity index (χ2v) is 7.26. The number of hydrogen-bond donors (Lipinski definition) is 4. The molecule has 30 heavy (non-hydrogen) atoms. The highest BCUT2D eigenvalue weighted by Gasteiger charge is 2.07. The van der Waals surface area contributed by atoms with Gasteiger partial charge in [0, 0.05) is 24.2 Å². The van der Waals surface area contributed by atoms with Crippen molar-refractivity contribution in [2.75, 3.05) is 17.2 Å². The van der Waals surface area contributed by atoms with E-state index in [4.69, 9.17) is 11.6 Å². The van der Waals surface area contributed by atoms with Crippen LogP contribution >= 0.6 is 11.6 Å². The molecule has 0 radical (unpaired) electrons. The van der Waals surface area contributed by atoms with Crippen molar-refractivity contribution in [3.05, 3.63) is 82.0 Å². The molecule has 0 fully saturated rings. The SMILES string of the molecule is Cc1cccc(CNc2nc(CO)cc(NCC(=O)NCc3ccc(Cl)cc3)n2)c1. The average Bonchev–Trinajstić information content (AvgIpc) is 2.76. The molecule has 1 heterocycles. The summed E-state index contributed by atoms with van der Waals surface area (Å²) in [7, 11) is 0. The van der Waals surface area contributed by atoms with Crippen LogP contribution in [0.5, 0.6) is 0 Å². The maximum atomic E-state index is 12.1. The molecule has 1 aromatic heterocycles. The van der Waals surface area contributed by atoms with Gasteiger partial charge in [-0.2, -0.15) is 4.98 Å². The monoisotopic (exact) mass is 425 g/mol. The van der Waals surface area contributed by atoms with Crippen LogP contribution in [0.15, 0.2) is 54.6 Å². The molecule has 0 aliphatic carbocycles. The number of anilines is 2. The van der Waals surface area contributed by atoms with Crippen LogP contribution in [0.4, 0.5) is 11.8 Å². The minimum Gasteiger partial charge on any atom is -0.390 e. The molecule has 3 rings (SSSR count). The normalized spacial score (nSPS) is 10.5. The van der Waals surface area contributed by atoms with Gasteiger partial charge in [-0.1, -0.05) is 53.6 Å². The highest BCUT2D eigenvalue weighted by molar-refractivity contribution is 6.30. The highest BCUT2D eigenvalue weighted by Crippen LogP contribution is 2.13. The summed E-state index contributed by atoms with van der Waals surface area (Å²) >= 11 is 5.86. The zero-order valence-corrected chi connectivity index (χ0v) is 17.4. The molecular weight excluding hydrogens is 402 g/mol. The fraction of sp³-hybridized carbons (Fsp3) is 0.227. The molecule has 0 unspecified atom stereocenters. The van der Waals surface area contributed by atoms with E-state index in [1.807, 2.05) is 37.3 Å². The van der Waals surface area contributed by atoms with Crippen molar-refractivity contribution >= 4 is 29.3 Å². The summed E-state index contributed by atoms with van der Waals surface area (Å²) in [5.74, 6) is 0.665. The van der Waals surface area contributed by atoms with Crippen LogP contribution in [0, 0.1) is 6.92 Å². The fourth-order valence-corrected chi connectivity index (χ4v) is 2.91. The molecule has 156 valence electrons. The van der Waals surface area contributed by atoms with Gasteiger partial charge in [-0.25, -0.2) is 4.98 Å². The van der Waals surface area contributed by atoms with Gasteiger partial charge in [-0.3, -0.25) is 4.79 Å². The van der Waals surface area contributed by atoms with Crippen LogP contribution in [-0.2, 0) is 24.5 Å². The first-order valence-corrected chi connectivity index (χ1v) is 9.93. The predicted molar refractivity (Wildman–Crippen MR) is 118 cm³/mol. The van der Waals surface area contributed by atoms with Crippen LogP contribution in [0.25, 0.3) is 0 Å². The number of aliphatic hydroxyl groups excluding tert-OH is 1. The van der Waals surface area contributed by atoms with E-state index in [-0.39, 0.29) is 19.1 Å². The first-order chi connectivity index (χ1) is 14.5. The Morgan fingerprint density at radius 1 is 1.00 bits per heavy atom. The van der Waals surface area contributed by atoms with Crippen LogP contribution in [0.3, 0.4) is 0 Å². The van der Waals surface area contributed by atoms with Crippen molar-refractivity contribution in [1.82, 2.24) is 15.3 Å². The van der Waals surface area contributed by atoms with Crippen molar-refractivity contribution in [3.63, 3.8) is 0 Å². The Kier molecular flexibility index (Phi) is 7.59. The summed E-state index contributed by atoms with van der Waals surface area (Å²) in [5.41, 5.74) is 3.69. The molecule has 1 amide bonds. The van der Waals surface area contributed by atoms with Crippen LogP contribution < -0.4 is 16.0 Å². The van der Waals surface area contributed by atoms with Crippen LogP contribution in [0.1, 0.15) is 22.4 Å². The number of amides is 1. The largest absolute Gasteiger partial charge is 0.390 e. The Hall–Kier alpha value is -3.16. The first-order valence-electron chi connectivity index (χ1n) is 9.55.